The summed E-state index contributed by atoms with van der Waals surface area (Å²) in [5.41, 5.74) is 14.7. The summed E-state index contributed by atoms with van der Waals surface area (Å²) in [6.07, 6.45) is 0. The van der Waals surface area contributed by atoms with Gasteiger partial charge in [0.1, 0.15) is 11.2 Å². The van der Waals surface area contributed by atoms with Crippen LogP contribution < -0.4 is 4.90 Å². The quantitative estimate of drug-likeness (QED) is 0.160. The van der Waals surface area contributed by atoms with Gasteiger partial charge in [-0.2, -0.15) is 0 Å². The number of hydrogen-bond donors (Lipinski definition) is 0. The Balaban J connectivity index is 1.14. The zero-order valence-corrected chi connectivity index (χ0v) is 33.9. The maximum absolute atomic E-state index is 6.90. The molecule has 0 fully saturated rings. The molecule has 2 nitrogen and oxygen atoms in total. The molecule has 0 bridgehead atoms. The topological polar surface area (TPSA) is 16.4 Å². The van der Waals surface area contributed by atoms with Crippen LogP contribution in [0, 0.1) is 0 Å². The van der Waals surface area contributed by atoms with Crippen molar-refractivity contribution in [1.29, 1.82) is 0 Å². The fourth-order valence-corrected chi connectivity index (χ4v) is 10.5. The van der Waals surface area contributed by atoms with Gasteiger partial charge in [0.15, 0.2) is 0 Å². The highest BCUT2D eigenvalue weighted by atomic mass is 32.1. The second kappa shape index (κ2) is 14.5. The number of fused-ring (bicyclic) bond motifs is 8. The normalized spacial score (nSPS) is 11.6. The van der Waals surface area contributed by atoms with E-state index in [0.717, 1.165) is 44.4 Å². The van der Waals surface area contributed by atoms with Gasteiger partial charge in [0.25, 0.3) is 0 Å². The standard InChI is InChI=1S/C58H37NOS/c1-5-18-38(19-6-1)40-34-41(39-20-7-2-8-21-39)36-42(35-40)45-32-33-48(58-55(45)49-28-15-16-31-54(49)61-58)50-37-51-56-52(59(43-22-9-3-10-23-43)44-24-11-4-12-25-44)29-17-30-53(56)60-57(51)47-27-14-13-26-46(47)50/h1-37H. The van der Waals surface area contributed by atoms with E-state index in [1.165, 1.54) is 70.1 Å². The third-order valence-corrected chi connectivity index (χ3v) is 13.2. The van der Waals surface area contributed by atoms with E-state index in [-0.39, 0.29) is 0 Å². The Morgan fingerprint density at radius 2 is 0.885 bits per heavy atom. The molecule has 2 aromatic heterocycles. The van der Waals surface area contributed by atoms with Crippen molar-refractivity contribution in [3.8, 4) is 44.5 Å². The third kappa shape index (κ3) is 5.93. The Morgan fingerprint density at radius 1 is 0.344 bits per heavy atom. The van der Waals surface area contributed by atoms with E-state index in [9.17, 15) is 0 Å². The summed E-state index contributed by atoms with van der Waals surface area (Å²) in [7, 11) is 0. The minimum atomic E-state index is 0.863. The summed E-state index contributed by atoms with van der Waals surface area (Å²) in [5.74, 6) is 0. The van der Waals surface area contributed by atoms with Gasteiger partial charge < -0.3 is 9.32 Å². The van der Waals surface area contributed by atoms with Crippen molar-refractivity contribution >= 4 is 81.3 Å². The molecule has 0 unspecified atom stereocenters. The monoisotopic (exact) mass is 795 g/mol. The van der Waals surface area contributed by atoms with Crippen LogP contribution in [0.15, 0.2) is 229 Å². The molecule has 0 saturated carbocycles. The molecule has 0 amide bonds. The van der Waals surface area contributed by atoms with Gasteiger partial charge in [0, 0.05) is 47.9 Å². The van der Waals surface area contributed by atoms with Crippen LogP contribution in [0.2, 0.25) is 0 Å². The van der Waals surface area contributed by atoms with E-state index in [2.05, 4.69) is 229 Å². The molecular formula is C58H37NOS. The van der Waals surface area contributed by atoms with Crippen LogP contribution in [0.1, 0.15) is 0 Å². The van der Waals surface area contributed by atoms with Crippen LogP contribution in [0.3, 0.4) is 0 Å². The van der Waals surface area contributed by atoms with Gasteiger partial charge in [-0.15, -0.1) is 11.3 Å². The maximum atomic E-state index is 6.90. The number of benzene rings is 10. The molecule has 0 atom stereocenters. The fourth-order valence-electron chi connectivity index (χ4n) is 9.28. The van der Waals surface area contributed by atoms with Gasteiger partial charge in [0.2, 0.25) is 0 Å². The van der Waals surface area contributed by atoms with Gasteiger partial charge in [-0.1, -0.05) is 158 Å². The first-order valence-corrected chi connectivity index (χ1v) is 21.6. The average Bonchev–Trinajstić information content (AvgIpc) is 3.92. The molecule has 0 spiro atoms. The number of rotatable bonds is 7. The maximum Gasteiger partial charge on any atom is 0.143 e. The van der Waals surface area contributed by atoms with E-state index in [1.54, 1.807) is 0 Å². The fraction of sp³-hybridized carbons (Fsp3) is 0. The molecule has 0 N–H and O–H groups in total. The zero-order valence-electron chi connectivity index (χ0n) is 33.1. The van der Waals surface area contributed by atoms with Crippen LogP contribution in [0.4, 0.5) is 17.1 Å². The molecule has 0 saturated heterocycles. The first-order valence-electron chi connectivity index (χ1n) is 20.7. The highest BCUT2D eigenvalue weighted by Crippen LogP contribution is 2.50. The summed E-state index contributed by atoms with van der Waals surface area (Å²) in [4.78, 5) is 2.35. The smallest absolute Gasteiger partial charge is 0.143 e. The van der Waals surface area contributed by atoms with Crippen molar-refractivity contribution in [3.05, 3.63) is 224 Å². The third-order valence-electron chi connectivity index (χ3n) is 12.0. The van der Waals surface area contributed by atoms with Crippen molar-refractivity contribution in [2.75, 3.05) is 4.90 Å². The second-order valence-corrected chi connectivity index (χ2v) is 16.7. The van der Waals surface area contributed by atoms with Gasteiger partial charge in [-0.25, -0.2) is 0 Å². The summed E-state index contributed by atoms with van der Waals surface area (Å²) >= 11 is 1.88. The molecule has 0 radical (unpaired) electrons. The Morgan fingerprint density at radius 3 is 1.54 bits per heavy atom. The summed E-state index contributed by atoms with van der Waals surface area (Å²) in [6.45, 7) is 0. The second-order valence-electron chi connectivity index (χ2n) is 15.6. The predicted molar refractivity (Wildman–Crippen MR) is 261 cm³/mol. The lowest BCUT2D eigenvalue weighted by atomic mass is 9.89. The summed E-state index contributed by atoms with van der Waals surface area (Å²) in [6, 6.07) is 81.0. The van der Waals surface area contributed by atoms with Crippen molar-refractivity contribution in [2.45, 2.75) is 0 Å². The number of hydrogen-bond acceptors (Lipinski definition) is 3. The molecular weight excluding hydrogens is 759 g/mol. The molecule has 0 aliphatic carbocycles. The minimum absolute atomic E-state index is 0.863. The van der Waals surface area contributed by atoms with Gasteiger partial charge in [0.05, 0.1) is 11.1 Å². The average molecular weight is 796 g/mol. The van der Waals surface area contributed by atoms with Crippen molar-refractivity contribution in [1.82, 2.24) is 0 Å². The van der Waals surface area contributed by atoms with E-state index < -0.39 is 0 Å². The molecule has 61 heavy (non-hydrogen) atoms. The van der Waals surface area contributed by atoms with Crippen molar-refractivity contribution < 1.29 is 4.42 Å². The highest BCUT2D eigenvalue weighted by Gasteiger charge is 2.24. The van der Waals surface area contributed by atoms with Gasteiger partial charge in [-0.3, -0.25) is 0 Å². The Hall–Kier alpha value is -7.72. The minimum Gasteiger partial charge on any atom is -0.455 e. The van der Waals surface area contributed by atoms with E-state index >= 15 is 0 Å². The molecule has 2 heterocycles. The largest absolute Gasteiger partial charge is 0.455 e. The van der Waals surface area contributed by atoms with Gasteiger partial charge in [-0.05, 0) is 111 Å². The Kier molecular flexibility index (Phi) is 8.39. The van der Waals surface area contributed by atoms with Crippen LogP contribution >= 0.6 is 11.3 Å². The van der Waals surface area contributed by atoms with Crippen LogP contribution in [0.5, 0.6) is 0 Å². The lowest BCUT2D eigenvalue weighted by Gasteiger charge is -2.26. The molecule has 10 aromatic carbocycles. The Labute approximate surface area is 357 Å². The molecule has 3 heteroatoms. The van der Waals surface area contributed by atoms with Gasteiger partial charge >= 0.3 is 0 Å². The van der Waals surface area contributed by atoms with Crippen LogP contribution in [-0.2, 0) is 0 Å². The van der Waals surface area contributed by atoms with E-state index in [1.807, 2.05) is 11.3 Å². The molecule has 12 rings (SSSR count). The molecule has 286 valence electrons. The first kappa shape index (κ1) is 35.2. The van der Waals surface area contributed by atoms with Crippen LogP contribution in [0.25, 0.3) is 97.4 Å². The van der Waals surface area contributed by atoms with E-state index in [4.69, 9.17) is 4.42 Å². The first-order chi connectivity index (χ1) is 30.3. The number of nitrogens with zero attached hydrogens (tertiary/aromatic N) is 1. The lowest BCUT2D eigenvalue weighted by molar-refractivity contribution is 0.672. The Bertz CT molecular complexity index is 3470. The number of para-hydroxylation sites is 2. The predicted octanol–water partition coefficient (Wildman–Crippen LogP) is 17.2. The number of thiophene rings is 1. The summed E-state index contributed by atoms with van der Waals surface area (Å²) < 4.78 is 9.45. The number of furan rings is 1. The zero-order chi connectivity index (χ0) is 40.3. The SMILES string of the molecule is c1ccc(-c2cc(-c3ccccc3)cc(-c3ccc(-c4cc5c(oc6cccc(N(c7ccccc7)c7ccccc7)c65)c5ccccc45)c4sc5ccccc5c34)c2)cc1. The van der Waals surface area contributed by atoms with Crippen molar-refractivity contribution in [3.63, 3.8) is 0 Å². The van der Waals surface area contributed by atoms with E-state index in [0.29, 0.717) is 0 Å². The highest BCUT2D eigenvalue weighted by molar-refractivity contribution is 7.26. The molecule has 0 aliphatic rings. The van der Waals surface area contributed by atoms with Crippen LogP contribution in [-0.4, -0.2) is 0 Å². The van der Waals surface area contributed by atoms with Crippen molar-refractivity contribution in [2.24, 2.45) is 0 Å². The molecule has 12 aromatic rings. The summed E-state index contributed by atoms with van der Waals surface area (Å²) in [5, 5.41) is 7.01. The lowest BCUT2D eigenvalue weighted by Crippen LogP contribution is -2.09. The number of anilines is 3. The molecule has 0 aliphatic heterocycles.